The predicted octanol–water partition coefficient (Wildman–Crippen LogP) is 5.08. The van der Waals surface area contributed by atoms with Crippen molar-refractivity contribution in [2.24, 2.45) is 0 Å². The summed E-state index contributed by atoms with van der Waals surface area (Å²) in [7, 11) is 0. The fourth-order valence-corrected chi connectivity index (χ4v) is 5.61. The van der Waals surface area contributed by atoms with Gasteiger partial charge in [-0.3, -0.25) is 4.79 Å². The Morgan fingerprint density at radius 2 is 2.11 bits per heavy atom. The molecule has 0 bridgehead atoms. The van der Waals surface area contributed by atoms with E-state index in [1.54, 1.807) is 11.3 Å². The number of ether oxygens (including phenoxy) is 1. The van der Waals surface area contributed by atoms with Crippen LogP contribution in [0.15, 0.2) is 24.3 Å². The molecular weight excluding hydrogens is 394 g/mol. The molecule has 28 heavy (non-hydrogen) atoms. The third-order valence-corrected chi connectivity index (χ3v) is 6.86. The lowest BCUT2D eigenvalue weighted by atomic mass is 9.94. The van der Waals surface area contributed by atoms with Gasteiger partial charge in [0.15, 0.2) is 0 Å². The van der Waals surface area contributed by atoms with Gasteiger partial charge in [-0.15, -0.1) is 11.3 Å². The fourth-order valence-electron chi connectivity index (χ4n) is 4.04. The summed E-state index contributed by atoms with van der Waals surface area (Å²) in [5.41, 5.74) is 3.60. The van der Waals surface area contributed by atoms with Gasteiger partial charge in [-0.05, 0) is 62.4 Å². The average Bonchev–Trinajstić information content (AvgIpc) is 3.07. The van der Waals surface area contributed by atoms with Crippen molar-refractivity contribution in [1.82, 2.24) is 10.3 Å². The SMILES string of the molecule is CCOc1ccc2nc(Cl)c(C3NC(=O)c4c(sc5c4CCCC5)N3)cc2c1. The molecule has 0 saturated heterocycles. The maximum absolute atomic E-state index is 12.9. The second-order valence-electron chi connectivity index (χ2n) is 7.12. The minimum atomic E-state index is -0.403. The predicted molar refractivity (Wildman–Crippen MR) is 113 cm³/mol. The quantitative estimate of drug-likeness (QED) is 0.587. The van der Waals surface area contributed by atoms with E-state index in [1.807, 2.05) is 31.2 Å². The molecule has 1 amide bonds. The number of nitrogens with one attached hydrogen (secondary N) is 2. The molecule has 0 fully saturated rings. The summed E-state index contributed by atoms with van der Waals surface area (Å²) in [4.78, 5) is 18.7. The van der Waals surface area contributed by atoms with Crippen LogP contribution in [-0.2, 0) is 12.8 Å². The molecule has 3 heterocycles. The molecule has 2 N–H and O–H groups in total. The number of amides is 1. The summed E-state index contributed by atoms with van der Waals surface area (Å²) >= 11 is 8.19. The first-order chi connectivity index (χ1) is 13.6. The normalized spacial score (nSPS) is 18.2. The highest BCUT2D eigenvalue weighted by Gasteiger charge is 2.33. The second-order valence-corrected chi connectivity index (χ2v) is 8.58. The van der Waals surface area contributed by atoms with E-state index in [4.69, 9.17) is 16.3 Å². The van der Waals surface area contributed by atoms with Gasteiger partial charge in [-0.2, -0.15) is 0 Å². The number of hydrogen-bond acceptors (Lipinski definition) is 5. The molecule has 0 spiro atoms. The smallest absolute Gasteiger partial charge is 0.256 e. The number of aromatic nitrogens is 1. The zero-order valence-corrected chi connectivity index (χ0v) is 17.0. The van der Waals surface area contributed by atoms with Crippen LogP contribution >= 0.6 is 22.9 Å². The highest BCUT2D eigenvalue weighted by Crippen LogP contribution is 2.42. The standard InChI is InChI=1S/C21H20ClN3O2S/c1-2-27-12-7-8-15-11(9-12)10-14(18(22)23-15)19-24-20(26)17-13-5-3-4-6-16(13)28-21(17)25-19/h7-10,19,25H,2-6H2,1H3,(H,24,26). The van der Waals surface area contributed by atoms with Crippen LogP contribution in [0.2, 0.25) is 5.15 Å². The molecule has 2 aliphatic rings. The summed E-state index contributed by atoms with van der Waals surface area (Å²) in [6, 6.07) is 7.71. The van der Waals surface area contributed by atoms with Crippen molar-refractivity contribution in [1.29, 1.82) is 0 Å². The van der Waals surface area contributed by atoms with E-state index in [0.29, 0.717) is 11.8 Å². The Kier molecular flexibility index (Phi) is 4.40. The Morgan fingerprint density at radius 1 is 1.25 bits per heavy atom. The first kappa shape index (κ1) is 17.8. The average molecular weight is 414 g/mol. The molecule has 1 aromatic carbocycles. The Balaban J connectivity index is 1.54. The van der Waals surface area contributed by atoms with Gasteiger partial charge in [0.05, 0.1) is 17.7 Å². The zero-order valence-electron chi connectivity index (χ0n) is 15.5. The molecular formula is C21H20ClN3O2S. The number of aryl methyl sites for hydroxylation is 1. The lowest BCUT2D eigenvalue weighted by Crippen LogP contribution is -2.38. The van der Waals surface area contributed by atoms with E-state index in [9.17, 15) is 4.79 Å². The number of anilines is 1. The van der Waals surface area contributed by atoms with Crippen LogP contribution in [-0.4, -0.2) is 17.5 Å². The van der Waals surface area contributed by atoms with Gasteiger partial charge in [-0.25, -0.2) is 4.98 Å². The Hall–Kier alpha value is -2.31. The number of pyridine rings is 1. The van der Waals surface area contributed by atoms with Gasteiger partial charge in [0.25, 0.3) is 5.91 Å². The highest BCUT2D eigenvalue weighted by molar-refractivity contribution is 7.16. The summed E-state index contributed by atoms with van der Waals surface area (Å²) in [5.74, 6) is 0.760. The number of rotatable bonds is 3. The lowest BCUT2D eigenvalue weighted by Gasteiger charge is -2.27. The number of nitrogens with zero attached hydrogens (tertiary/aromatic N) is 1. The van der Waals surface area contributed by atoms with E-state index in [2.05, 4.69) is 15.6 Å². The van der Waals surface area contributed by atoms with Crippen LogP contribution in [0.3, 0.4) is 0 Å². The number of carbonyl (C=O) groups excluding carboxylic acids is 1. The van der Waals surface area contributed by atoms with E-state index in [-0.39, 0.29) is 5.91 Å². The number of carbonyl (C=O) groups is 1. The van der Waals surface area contributed by atoms with Crippen molar-refractivity contribution in [3.05, 3.63) is 51.0 Å². The van der Waals surface area contributed by atoms with Crippen molar-refractivity contribution < 1.29 is 9.53 Å². The first-order valence-electron chi connectivity index (χ1n) is 9.59. The van der Waals surface area contributed by atoms with Gasteiger partial charge < -0.3 is 15.4 Å². The van der Waals surface area contributed by atoms with Crippen LogP contribution in [0.1, 0.15) is 52.3 Å². The largest absolute Gasteiger partial charge is 0.494 e. The van der Waals surface area contributed by atoms with E-state index in [0.717, 1.165) is 52.0 Å². The minimum absolute atomic E-state index is 0.0302. The van der Waals surface area contributed by atoms with Crippen molar-refractivity contribution in [2.45, 2.75) is 38.8 Å². The molecule has 3 aromatic rings. The summed E-state index contributed by atoms with van der Waals surface area (Å²) in [6.45, 7) is 2.56. The molecule has 1 aliphatic carbocycles. The molecule has 2 aromatic heterocycles. The summed E-state index contributed by atoms with van der Waals surface area (Å²) in [6.07, 6.45) is 3.99. The van der Waals surface area contributed by atoms with Gasteiger partial charge in [0.1, 0.15) is 22.1 Å². The van der Waals surface area contributed by atoms with Crippen molar-refractivity contribution in [2.75, 3.05) is 11.9 Å². The number of halogens is 1. The molecule has 1 aliphatic heterocycles. The van der Waals surface area contributed by atoms with Crippen molar-refractivity contribution in [3.63, 3.8) is 0 Å². The van der Waals surface area contributed by atoms with Gasteiger partial charge in [0, 0.05) is 15.8 Å². The molecule has 7 heteroatoms. The van der Waals surface area contributed by atoms with Gasteiger partial charge >= 0.3 is 0 Å². The topological polar surface area (TPSA) is 63.2 Å². The molecule has 1 atom stereocenters. The maximum Gasteiger partial charge on any atom is 0.256 e. The monoisotopic (exact) mass is 413 g/mol. The second kappa shape index (κ2) is 6.94. The fraction of sp³-hybridized carbons (Fsp3) is 0.333. The molecule has 5 nitrogen and oxygen atoms in total. The minimum Gasteiger partial charge on any atom is -0.494 e. The first-order valence-corrected chi connectivity index (χ1v) is 10.8. The Labute approximate surface area is 172 Å². The number of thiophene rings is 1. The summed E-state index contributed by atoms with van der Waals surface area (Å²) in [5, 5.41) is 8.81. The van der Waals surface area contributed by atoms with Gasteiger partial charge in [-0.1, -0.05) is 11.6 Å². The van der Waals surface area contributed by atoms with Crippen LogP contribution in [0.25, 0.3) is 10.9 Å². The van der Waals surface area contributed by atoms with E-state index >= 15 is 0 Å². The maximum atomic E-state index is 12.9. The number of hydrogen-bond donors (Lipinski definition) is 2. The third kappa shape index (κ3) is 2.91. The lowest BCUT2D eigenvalue weighted by molar-refractivity contribution is 0.0935. The summed E-state index contributed by atoms with van der Waals surface area (Å²) < 4.78 is 5.60. The molecule has 0 radical (unpaired) electrons. The molecule has 1 unspecified atom stereocenters. The third-order valence-electron chi connectivity index (χ3n) is 5.34. The highest BCUT2D eigenvalue weighted by atomic mass is 35.5. The van der Waals surface area contributed by atoms with Crippen molar-refractivity contribution in [3.8, 4) is 5.75 Å². The van der Waals surface area contributed by atoms with Crippen LogP contribution in [0, 0.1) is 0 Å². The Bertz CT molecular complexity index is 1090. The van der Waals surface area contributed by atoms with Crippen LogP contribution < -0.4 is 15.4 Å². The number of benzene rings is 1. The van der Waals surface area contributed by atoms with Crippen molar-refractivity contribution >= 4 is 44.7 Å². The molecule has 144 valence electrons. The van der Waals surface area contributed by atoms with Crippen LogP contribution in [0.4, 0.5) is 5.00 Å². The number of fused-ring (bicyclic) bond motifs is 4. The van der Waals surface area contributed by atoms with Gasteiger partial charge in [0.2, 0.25) is 0 Å². The van der Waals surface area contributed by atoms with E-state index < -0.39 is 6.17 Å². The Morgan fingerprint density at radius 3 is 2.96 bits per heavy atom. The van der Waals surface area contributed by atoms with Crippen LogP contribution in [0.5, 0.6) is 5.75 Å². The zero-order chi connectivity index (χ0) is 19.3. The molecule has 0 saturated carbocycles. The molecule has 5 rings (SSSR count). The van der Waals surface area contributed by atoms with E-state index in [1.165, 1.54) is 16.9 Å².